The molecule has 4 nitrogen and oxygen atoms in total. The molecule has 0 atom stereocenters. The summed E-state index contributed by atoms with van der Waals surface area (Å²) >= 11 is 0. The Labute approximate surface area is 111 Å². The molecule has 0 aliphatic carbocycles. The van der Waals surface area contributed by atoms with Gasteiger partial charge < -0.3 is 47.4 Å². The predicted octanol–water partition coefficient (Wildman–Crippen LogP) is -4.41. The van der Waals surface area contributed by atoms with Crippen molar-refractivity contribution in [2.75, 3.05) is 0 Å². The maximum absolute atomic E-state index is 3.52. The molecule has 2 rings (SSSR count). The van der Waals surface area contributed by atoms with Gasteiger partial charge in [0.1, 0.15) is 0 Å². The average molecular weight is 332 g/mol. The van der Waals surface area contributed by atoms with Crippen LogP contribution in [0.3, 0.4) is 0 Å². The van der Waals surface area contributed by atoms with Crippen LogP contribution in [0.1, 0.15) is 0 Å². The van der Waals surface area contributed by atoms with E-state index in [1.54, 1.807) is 11.6 Å². The van der Waals surface area contributed by atoms with Gasteiger partial charge in [0.2, 0.25) is 0 Å². The molecular weight excluding hydrogens is 328 g/mol. The first kappa shape index (κ1) is 19.3. The van der Waals surface area contributed by atoms with Crippen LogP contribution in [0.4, 0.5) is 0 Å². The molecule has 0 aromatic carbocycles. The summed E-state index contributed by atoms with van der Waals surface area (Å²) in [6, 6.07) is 0. The Bertz CT molecular complexity index is 167. The Morgan fingerprint density at radius 3 is 1.38 bits per heavy atom. The maximum atomic E-state index is 3.52. The molecule has 0 amide bonds. The van der Waals surface area contributed by atoms with Gasteiger partial charge in [-0.1, -0.05) is 0 Å². The molecule has 2 N–H and O–H groups in total. The molecule has 2 heterocycles. The molecule has 0 saturated heterocycles. The number of hydrogen-bond donors (Lipinski definition) is 2. The molecule has 9 heteroatoms. The van der Waals surface area contributed by atoms with Crippen molar-refractivity contribution in [2.24, 2.45) is 0 Å². The molecule has 68 valence electrons. The quantitative estimate of drug-likeness (QED) is 0.479. The predicted molar refractivity (Wildman–Crippen MR) is 39.9 cm³/mol. The summed E-state index contributed by atoms with van der Waals surface area (Å²) in [5.41, 5.74) is 0. The summed E-state index contributed by atoms with van der Waals surface area (Å²) in [5, 5.41) is 7.03. The summed E-state index contributed by atoms with van der Waals surface area (Å²) < 4.78 is 0. The summed E-state index contributed by atoms with van der Waals surface area (Å²) in [5.74, 6) is 3.61. The number of aromatic nitrogens is 4. The monoisotopic (exact) mass is 330 g/mol. The van der Waals surface area contributed by atoms with Crippen molar-refractivity contribution in [3.8, 4) is 0 Å². The fourth-order valence-electron chi connectivity index (χ4n) is 0.289. The fourth-order valence-corrected chi connectivity index (χ4v) is 0.866. The van der Waals surface area contributed by atoms with E-state index in [-0.39, 0.29) is 51.0 Å². The van der Waals surface area contributed by atoms with Crippen LogP contribution in [0.2, 0.25) is 0 Å². The molecule has 13 heavy (non-hydrogen) atoms. The van der Waals surface area contributed by atoms with Crippen LogP contribution in [-0.4, -0.2) is 19.9 Å². The molecule has 0 fully saturated rings. The molecule has 0 unspecified atom stereocenters. The molecule has 0 aliphatic heterocycles. The summed E-state index contributed by atoms with van der Waals surface area (Å²) in [7, 11) is 2.08. The van der Waals surface area contributed by atoms with E-state index < -0.39 is 0 Å². The standard InChI is InChI=1S/2C2H2N2P.2ClH.Zr/c2*1-2-5-4-3-1;;;/h2*2H,(H,3,4);2*1H;/q2*-1;;;+4/p-2. The first-order chi connectivity index (χ1) is 5.00. The first-order valence-electron chi connectivity index (χ1n) is 2.44. The van der Waals surface area contributed by atoms with Gasteiger partial charge in [0.05, 0.1) is 0 Å². The van der Waals surface area contributed by atoms with Gasteiger partial charge in [-0.3, -0.25) is 9.72 Å². The summed E-state index contributed by atoms with van der Waals surface area (Å²) in [4.78, 5) is 5.31. The Hall–Kier alpha value is 0.743. The van der Waals surface area contributed by atoms with E-state index in [1.165, 1.54) is 0 Å². The molecule has 2 aromatic heterocycles. The van der Waals surface area contributed by atoms with Crippen LogP contribution in [-0.2, 0) is 26.2 Å². The third-order valence-electron chi connectivity index (χ3n) is 0.589. The van der Waals surface area contributed by atoms with E-state index in [2.05, 4.69) is 32.3 Å². The van der Waals surface area contributed by atoms with Gasteiger partial charge >= 0.3 is 26.2 Å². The normalized spacial score (nSPS) is 7.38. The smallest absolute Gasteiger partial charge is 1.00 e. The van der Waals surface area contributed by atoms with Crippen molar-refractivity contribution >= 4 is 16.7 Å². The van der Waals surface area contributed by atoms with E-state index in [0.717, 1.165) is 16.7 Å². The van der Waals surface area contributed by atoms with Crippen molar-refractivity contribution in [1.29, 1.82) is 0 Å². The zero-order valence-corrected chi connectivity index (χ0v) is 12.0. The SMILES string of the molecule is [Cl-].[Cl-].[Zr+4].[c-]1cp[nH]n1.[c-]1cp[nH]n1. The molecule has 0 spiro atoms. The van der Waals surface area contributed by atoms with E-state index in [1.807, 2.05) is 0 Å². The molecule has 0 saturated carbocycles. The topological polar surface area (TPSA) is 57.4 Å². The third kappa shape index (κ3) is 12.7. The van der Waals surface area contributed by atoms with Crippen molar-refractivity contribution < 1.29 is 51.0 Å². The Morgan fingerprint density at radius 2 is 1.31 bits per heavy atom. The van der Waals surface area contributed by atoms with E-state index in [4.69, 9.17) is 0 Å². The third-order valence-corrected chi connectivity index (χ3v) is 1.51. The van der Waals surface area contributed by atoms with Crippen LogP contribution in [0.5, 0.6) is 0 Å². The minimum atomic E-state index is 0. The second-order valence-electron chi connectivity index (χ2n) is 1.20. The van der Waals surface area contributed by atoms with Crippen LogP contribution < -0.4 is 24.8 Å². The largest absolute Gasteiger partial charge is 4.00 e. The van der Waals surface area contributed by atoms with Crippen LogP contribution in [0, 0.1) is 12.4 Å². The Balaban J connectivity index is -0.000000125. The summed E-state index contributed by atoms with van der Waals surface area (Å²) in [6.07, 6.45) is 5.20. The minimum absolute atomic E-state index is 0. The Kier molecular flexibility index (Phi) is 22.6. The van der Waals surface area contributed by atoms with Crippen molar-refractivity contribution in [3.05, 3.63) is 24.0 Å². The molecule has 0 aliphatic rings. The van der Waals surface area contributed by atoms with Crippen molar-refractivity contribution in [2.45, 2.75) is 0 Å². The number of rotatable bonds is 0. The number of H-pyrrole nitrogens is 2. The fraction of sp³-hybridized carbons (Fsp3) is 0. The van der Waals surface area contributed by atoms with E-state index >= 15 is 0 Å². The summed E-state index contributed by atoms with van der Waals surface area (Å²) in [6.45, 7) is 0. The van der Waals surface area contributed by atoms with Crippen LogP contribution in [0.25, 0.3) is 0 Å². The van der Waals surface area contributed by atoms with E-state index in [9.17, 15) is 0 Å². The Morgan fingerprint density at radius 1 is 0.923 bits per heavy atom. The number of aromatic amines is 2. The van der Waals surface area contributed by atoms with Crippen LogP contribution in [0.15, 0.2) is 11.6 Å². The number of halogens is 2. The number of nitrogens with one attached hydrogen (secondary N) is 2. The zero-order chi connectivity index (χ0) is 7.07. The molecule has 0 radical (unpaired) electrons. The van der Waals surface area contributed by atoms with Gasteiger partial charge in [-0.2, -0.15) is 11.6 Å². The van der Waals surface area contributed by atoms with Crippen LogP contribution >= 0.6 is 16.7 Å². The minimum Gasteiger partial charge on any atom is -1.00 e. The average Bonchev–Trinajstić information content (AvgIpc) is 2.67. The van der Waals surface area contributed by atoms with Gasteiger partial charge in [0, 0.05) is 0 Å². The second kappa shape index (κ2) is 15.2. The maximum Gasteiger partial charge on any atom is 4.00 e. The number of hydrogen-bond acceptors (Lipinski definition) is 2. The van der Waals surface area contributed by atoms with E-state index in [0.29, 0.717) is 0 Å². The molecule has 0 bridgehead atoms. The van der Waals surface area contributed by atoms with Gasteiger partial charge in [-0.25, -0.2) is 0 Å². The van der Waals surface area contributed by atoms with Crippen molar-refractivity contribution in [3.63, 3.8) is 0 Å². The molecular formula is C4H4Cl2N4P2Zr. The van der Waals surface area contributed by atoms with Crippen molar-refractivity contribution in [1.82, 2.24) is 19.9 Å². The van der Waals surface area contributed by atoms with Gasteiger partial charge in [0.25, 0.3) is 0 Å². The second-order valence-corrected chi connectivity index (χ2v) is 2.63. The number of nitrogens with zero attached hydrogens (tertiary/aromatic N) is 2. The van der Waals surface area contributed by atoms with Gasteiger partial charge in [-0.15, -0.1) is 0 Å². The first-order valence-corrected chi connectivity index (χ1v) is 4.36. The van der Waals surface area contributed by atoms with Gasteiger partial charge in [0.15, 0.2) is 0 Å². The molecule has 2 aromatic rings. The zero-order valence-electron chi connectivity index (χ0n) is 6.20. The van der Waals surface area contributed by atoms with Gasteiger partial charge in [-0.05, 0) is 16.7 Å².